The SMILES string of the molecule is CCC1CCCCCN1c1cnccc1CNC(C)C. The van der Waals surface area contributed by atoms with Gasteiger partial charge in [0.2, 0.25) is 0 Å². The van der Waals surface area contributed by atoms with Crippen molar-refractivity contribution < 1.29 is 0 Å². The Hall–Kier alpha value is -1.09. The van der Waals surface area contributed by atoms with Crippen LogP contribution in [0, 0.1) is 0 Å². The molecule has 20 heavy (non-hydrogen) atoms. The Labute approximate surface area is 123 Å². The minimum atomic E-state index is 0.516. The Morgan fingerprint density at radius 1 is 1.35 bits per heavy atom. The minimum absolute atomic E-state index is 0.516. The molecular weight excluding hydrogens is 246 g/mol. The lowest BCUT2D eigenvalue weighted by atomic mass is 10.1. The lowest BCUT2D eigenvalue weighted by Gasteiger charge is -2.33. The van der Waals surface area contributed by atoms with Crippen LogP contribution in [0.1, 0.15) is 58.4 Å². The van der Waals surface area contributed by atoms with E-state index in [-0.39, 0.29) is 0 Å². The molecule has 1 unspecified atom stereocenters. The molecule has 3 nitrogen and oxygen atoms in total. The summed E-state index contributed by atoms with van der Waals surface area (Å²) in [4.78, 5) is 6.99. The van der Waals surface area contributed by atoms with Gasteiger partial charge in [0.05, 0.1) is 11.9 Å². The summed E-state index contributed by atoms with van der Waals surface area (Å²) in [7, 11) is 0. The van der Waals surface area contributed by atoms with Gasteiger partial charge in [0.15, 0.2) is 0 Å². The molecule has 0 aliphatic carbocycles. The van der Waals surface area contributed by atoms with Gasteiger partial charge >= 0.3 is 0 Å². The molecule has 1 aliphatic heterocycles. The van der Waals surface area contributed by atoms with Crippen LogP contribution in [0.5, 0.6) is 0 Å². The highest BCUT2D eigenvalue weighted by atomic mass is 15.2. The van der Waals surface area contributed by atoms with E-state index in [1.54, 1.807) is 0 Å². The zero-order valence-corrected chi connectivity index (χ0v) is 13.2. The zero-order valence-electron chi connectivity index (χ0n) is 13.2. The normalized spacial score (nSPS) is 20.2. The standard InChI is InChI=1S/C17H29N3/c1-4-16-8-6-5-7-11-20(16)17-13-18-10-9-15(17)12-19-14(2)3/h9-10,13-14,16,19H,4-8,11-12H2,1-3H3. The maximum absolute atomic E-state index is 4.38. The van der Waals surface area contributed by atoms with Gasteiger partial charge in [-0.2, -0.15) is 0 Å². The van der Waals surface area contributed by atoms with Gasteiger partial charge in [-0.1, -0.05) is 33.6 Å². The topological polar surface area (TPSA) is 28.2 Å². The number of pyridine rings is 1. The molecular formula is C17H29N3. The zero-order chi connectivity index (χ0) is 14.4. The number of aromatic nitrogens is 1. The minimum Gasteiger partial charge on any atom is -0.367 e. The Balaban J connectivity index is 2.20. The summed E-state index contributed by atoms with van der Waals surface area (Å²) in [6.07, 6.45) is 10.6. The smallest absolute Gasteiger partial charge is 0.0600 e. The second kappa shape index (κ2) is 7.63. The number of hydrogen-bond donors (Lipinski definition) is 1. The van der Waals surface area contributed by atoms with E-state index in [4.69, 9.17) is 0 Å². The molecule has 0 aromatic carbocycles. The Morgan fingerprint density at radius 3 is 2.95 bits per heavy atom. The van der Waals surface area contributed by atoms with Gasteiger partial charge in [-0.05, 0) is 30.9 Å². The Kier molecular flexibility index (Phi) is 5.84. The molecule has 1 aromatic heterocycles. The first-order valence-electron chi connectivity index (χ1n) is 8.15. The van der Waals surface area contributed by atoms with Crippen molar-refractivity contribution in [2.24, 2.45) is 0 Å². The van der Waals surface area contributed by atoms with Crippen molar-refractivity contribution in [2.75, 3.05) is 11.4 Å². The van der Waals surface area contributed by atoms with Crippen LogP contribution in [0.15, 0.2) is 18.5 Å². The lowest BCUT2D eigenvalue weighted by Crippen LogP contribution is -2.35. The molecule has 0 spiro atoms. The van der Waals surface area contributed by atoms with E-state index < -0.39 is 0 Å². The molecule has 0 amide bonds. The highest BCUT2D eigenvalue weighted by molar-refractivity contribution is 5.52. The van der Waals surface area contributed by atoms with Crippen LogP contribution >= 0.6 is 0 Å². The van der Waals surface area contributed by atoms with Crippen LogP contribution < -0.4 is 10.2 Å². The third kappa shape index (κ3) is 3.95. The van der Waals surface area contributed by atoms with Crippen LogP contribution in [0.4, 0.5) is 5.69 Å². The molecule has 2 heterocycles. The van der Waals surface area contributed by atoms with Crippen molar-refractivity contribution >= 4 is 5.69 Å². The number of nitrogens with zero attached hydrogens (tertiary/aromatic N) is 2. The van der Waals surface area contributed by atoms with Gasteiger partial charge < -0.3 is 10.2 Å². The van der Waals surface area contributed by atoms with E-state index in [2.05, 4.69) is 48.2 Å². The maximum atomic E-state index is 4.38. The van der Waals surface area contributed by atoms with E-state index in [0.29, 0.717) is 12.1 Å². The van der Waals surface area contributed by atoms with Crippen molar-refractivity contribution in [3.8, 4) is 0 Å². The molecule has 1 aliphatic rings. The van der Waals surface area contributed by atoms with Crippen LogP contribution in [-0.4, -0.2) is 23.6 Å². The fraction of sp³-hybridized carbons (Fsp3) is 0.706. The van der Waals surface area contributed by atoms with Crippen molar-refractivity contribution in [1.82, 2.24) is 10.3 Å². The van der Waals surface area contributed by atoms with Crippen LogP contribution in [0.3, 0.4) is 0 Å². The van der Waals surface area contributed by atoms with Crippen LogP contribution in [-0.2, 0) is 6.54 Å². The van der Waals surface area contributed by atoms with E-state index in [9.17, 15) is 0 Å². The van der Waals surface area contributed by atoms with E-state index in [1.807, 2.05) is 6.20 Å². The molecule has 1 N–H and O–H groups in total. The second-order valence-corrected chi connectivity index (χ2v) is 6.14. The largest absolute Gasteiger partial charge is 0.367 e. The first kappa shape index (κ1) is 15.3. The quantitative estimate of drug-likeness (QED) is 0.887. The summed E-state index contributed by atoms with van der Waals surface area (Å²) in [5, 5.41) is 3.54. The van der Waals surface area contributed by atoms with Crippen molar-refractivity contribution in [3.63, 3.8) is 0 Å². The first-order valence-corrected chi connectivity index (χ1v) is 8.15. The average molecular weight is 275 g/mol. The van der Waals surface area contributed by atoms with Crippen LogP contribution in [0.2, 0.25) is 0 Å². The van der Waals surface area contributed by atoms with Gasteiger partial charge in [0.1, 0.15) is 0 Å². The summed E-state index contributed by atoms with van der Waals surface area (Å²) in [6, 6.07) is 3.36. The van der Waals surface area contributed by atoms with Crippen molar-refractivity contribution in [3.05, 3.63) is 24.0 Å². The van der Waals surface area contributed by atoms with Gasteiger partial charge in [-0.25, -0.2) is 0 Å². The molecule has 2 rings (SSSR count). The number of hydrogen-bond acceptors (Lipinski definition) is 3. The molecule has 0 saturated carbocycles. The van der Waals surface area contributed by atoms with Crippen molar-refractivity contribution in [1.29, 1.82) is 0 Å². The molecule has 1 fully saturated rings. The summed E-state index contributed by atoms with van der Waals surface area (Å²) >= 11 is 0. The molecule has 0 radical (unpaired) electrons. The number of nitrogens with one attached hydrogen (secondary N) is 1. The highest BCUT2D eigenvalue weighted by Crippen LogP contribution is 2.28. The average Bonchev–Trinajstić information content (AvgIpc) is 2.70. The maximum Gasteiger partial charge on any atom is 0.0600 e. The number of rotatable bonds is 5. The van der Waals surface area contributed by atoms with Gasteiger partial charge in [-0.3, -0.25) is 4.98 Å². The summed E-state index contributed by atoms with van der Waals surface area (Å²) in [5.41, 5.74) is 2.73. The van der Waals surface area contributed by atoms with Crippen molar-refractivity contribution in [2.45, 2.75) is 71.5 Å². The van der Waals surface area contributed by atoms with E-state index >= 15 is 0 Å². The fourth-order valence-electron chi connectivity index (χ4n) is 3.06. The predicted molar refractivity (Wildman–Crippen MR) is 86.1 cm³/mol. The first-order chi connectivity index (χ1) is 9.72. The third-order valence-corrected chi connectivity index (χ3v) is 4.25. The second-order valence-electron chi connectivity index (χ2n) is 6.14. The molecule has 112 valence electrons. The molecule has 1 aromatic rings. The summed E-state index contributed by atoms with van der Waals surface area (Å²) in [5.74, 6) is 0. The third-order valence-electron chi connectivity index (χ3n) is 4.25. The van der Waals surface area contributed by atoms with E-state index in [1.165, 1.54) is 49.9 Å². The Bertz CT molecular complexity index is 403. The van der Waals surface area contributed by atoms with Gasteiger partial charge in [0, 0.05) is 31.4 Å². The lowest BCUT2D eigenvalue weighted by molar-refractivity contribution is 0.549. The highest BCUT2D eigenvalue weighted by Gasteiger charge is 2.21. The molecule has 0 bridgehead atoms. The summed E-state index contributed by atoms with van der Waals surface area (Å²) < 4.78 is 0. The molecule has 3 heteroatoms. The van der Waals surface area contributed by atoms with Gasteiger partial charge in [0.25, 0.3) is 0 Å². The Morgan fingerprint density at radius 2 is 2.20 bits per heavy atom. The fourth-order valence-corrected chi connectivity index (χ4v) is 3.06. The molecule has 1 saturated heterocycles. The summed E-state index contributed by atoms with van der Waals surface area (Å²) in [6.45, 7) is 8.82. The van der Waals surface area contributed by atoms with Gasteiger partial charge in [-0.15, -0.1) is 0 Å². The van der Waals surface area contributed by atoms with E-state index in [0.717, 1.165) is 6.54 Å². The molecule has 1 atom stereocenters. The number of anilines is 1. The van der Waals surface area contributed by atoms with Crippen LogP contribution in [0.25, 0.3) is 0 Å². The predicted octanol–water partition coefficient (Wildman–Crippen LogP) is 3.74. The monoisotopic (exact) mass is 275 g/mol.